The third-order valence-corrected chi connectivity index (χ3v) is 4.64. The Morgan fingerprint density at radius 2 is 2.14 bits per heavy atom. The minimum atomic E-state index is 0.109. The highest BCUT2D eigenvalue weighted by molar-refractivity contribution is 7.20. The molecule has 5 nitrogen and oxygen atoms in total. The maximum Gasteiger partial charge on any atom is 0.214 e. The predicted octanol–water partition coefficient (Wildman–Crippen LogP) is 2.68. The summed E-state index contributed by atoms with van der Waals surface area (Å²) in [5, 5.41) is 5.64. The van der Waals surface area contributed by atoms with Gasteiger partial charge < -0.3 is 9.64 Å². The molecular weight excluding hydrogens is 284 g/mol. The Kier molecular flexibility index (Phi) is 3.12. The number of rotatable bonds is 2. The molecule has 1 saturated heterocycles. The molecule has 1 fully saturated rings. The molecule has 4 rings (SSSR count). The van der Waals surface area contributed by atoms with Crippen molar-refractivity contribution in [2.75, 3.05) is 24.6 Å². The van der Waals surface area contributed by atoms with Crippen molar-refractivity contribution in [2.45, 2.75) is 13.0 Å². The minimum absolute atomic E-state index is 0.109. The van der Waals surface area contributed by atoms with Crippen LogP contribution in [-0.4, -0.2) is 34.3 Å². The summed E-state index contributed by atoms with van der Waals surface area (Å²) in [5.74, 6) is 0. The average molecular weight is 300 g/mol. The van der Waals surface area contributed by atoms with Crippen LogP contribution in [0.2, 0.25) is 0 Å². The zero-order valence-corrected chi connectivity index (χ0v) is 12.6. The highest BCUT2D eigenvalue weighted by atomic mass is 32.1. The number of fused-ring (bicyclic) bond motifs is 1. The van der Waals surface area contributed by atoms with Gasteiger partial charge in [0.2, 0.25) is 10.1 Å². The van der Waals surface area contributed by atoms with Crippen molar-refractivity contribution in [1.82, 2.24) is 14.6 Å². The van der Waals surface area contributed by atoms with E-state index < -0.39 is 0 Å². The van der Waals surface area contributed by atoms with Crippen LogP contribution >= 0.6 is 11.3 Å². The molecule has 0 radical (unpaired) electrons. The van der Waals surface area contributed by atoms with Gasteiger partial charge in [-0.3, -0.25) is 0 Å². The van der Waals surface area contributed by atoms with Gasteiger partial charge in [-0.1, -0.05) is 41.7 Å². The van der Waals surface area contributed by atoms with Crippen molar-refractivity contribution in [2.24, 2.45) is 0 Å². The Bertz CT molecular complexity index is 720. The third kappa shape index (κ3) is 2.41. The van der Waals surface area contributed by atoms with E-state index in [4.69, 9.17) is 4.74 Å². The monoisotopic (exact) mass is 300 g/mol. The lowest BCUT2D eigenvalue weighted by atomic mass is 10.1. The molecule has 0 bridgehead atoms. The highest BCUT2D eigenvalue weighted by Crippen LogP contribution is 2.29. The van der Waals surface area contributed by atoms with Crippen LogP contribution in [0.5, 0.6) is 0 Å². The smallest absolute Gasteiger partial charge is 0.214 e. The number of morpholine rings is 1. The summed E-state index contributed by atoms with van der Waals surface area (Å²) >= 11 is 1.63. The number of benzene rings is 1. The molecular formula is C15H16N4OS. The number of hydrogen-bond donors (Lipinski definition) is 0. The van der Waals surface area contributed by atoms with Crippen LogP contribution < -0.4 is 4.90 Å². The molecule has 1 aromatic carbocycles. The summed E-state index contributed by atoms with van der Waals surface area (Å²) in [6.07, 6.45) is 2.07. The predicted molar refractivity (Wildman–Crippen MR) is 82.9 cm³/mol. The van der Waals surface area contributed by atoms with E-state index in [1.165, 1.54) is 5.56 Å². The Morgan fingerprint density at radius 1 is 1.29 bits per heavy atom. The molecule has 1 aliphatic heterocycles. The molecule has 3 aromatic rings. The van der Waals surface area contributed by atoms with Crippen LogP contribution in [0, 0.1) is 6.92 Å². The lowest BCUT2D eigenvalue weighted by Gasteiger charge is -2.32. The Labute approximate surface area is 126 Å². The van der Waals surface area contributed by atoms with Gasteiger partial charge in [-0.2, -0.15) is 0 Å². The second kappa shape index (κ2) is 5.13. The summed E-state index contributed by atoms with van der Waals surface area (Å²) < 4.78 is 7.77. The first-order valence-corrected chi connectivity index (χ1v) is 7.85. The molecule has 0 unspecified atom stereocenters. The first-order valence-electron chi connectivity index (χ1n) is 7.04. The second-order valence-corrected chi connectivity index (χ2v) is 6.14. The summed E-state index contributed by atoms with van der Waals surface area (Å²) in [7, 11) is 0. The Morgan fingerprint density at radius 3 is 2.95 bits per heavy atom. The topological polar surface area (TPSA) is 42.7 Å². The number of ether oxygens (including phenoxy) is 1. The molecule has 0 spiro atoms. The average Bonchev–Trinajstić information content (AvgIpc) is 3.06. The number of aryl methyl sites for hydroxylation is 1. The first-order chi connectivity index (χ1) is 10.3. The van der Waals surface area contributed by atoms with E-state index in [0.29, 0.717) is 0 Å². The summed E-state index contributed by atoms with van der Waals surface area (Å²) in [4.78, 5) is 7.70. The minimum Gasteiger partial charge on any atom is -0.370 e. The van der Waals surface area contributed by atoms with Gasteiger partial charge in [0.05, 0.1) is 25.0 Å². The van der Waals surface area contributed by atoms with Gasteiger partial charge in [-0.15, -0.1) is 5.10 Å². The van der Waals surface area contributed by atoms with Crippen LogP contribution in [-0.2, 0) is 4.74 Å². The van der Waals surface area contributed by atoms with E-state index >= 15 is 0 Å². The van der Waals surface area contributed by atoms with Crippen molar-refractivity contribution >= 4 is 21.4 Å². The SMILES string of the molecule is Cc1cn2nc(N3CCO[C@@H](c4ccccc4)C3)sc2n1. The van der Waals surface area contributed by atoms with Gasteiger partial charge >= 0.3 is 0 Å². The normalized spacial score (nSPS) is 19.3. The number of hydrogen-bond acceptors (Lipinski definition) is 5. The van der Waals surface area contributed by atoms with Gasteiger partial charge in [-0.05, 0) is 12.5 Å². The molecule has 0 amide bonds. The lowest BCUT2D eigenvalue weighted by molar-refractivity contribution is 0.0397. The van der Waals surface area contributed by atoms with Crippen LogP contribution in [0.3, 0.4) is 0 Å². The molecule has 0 N–H and O–H groups in total. The summed E-state index contributed by atoms with van der Waals surface area (Å²) in [5.41, 5.74) is 2.23. The molecule has 0 saturated carbocycles. The van der Waals surface area contributed by atoms with Gasteiger partial charge in [0, 0.05) is 6.54 Å². The fourth-order valence-corrected chi connectivity index (χ4v) is 3.58. The highest BCUT2D eigenvalue weighted by Gasteiger charge is 2.24. The van der Waals surface area contributed by atoms with Gasteiger partial charge in [0.25, 0.3) is 0 Å². The summed E-state index contributed by atoms with van der Waals surface area (Å²) in [6, 6.07) is 10.4. The first kappa shape index (κ1) is 12.8. The number of imidazole rings is 1. The standard InChI is InChI=1S/C15H16N4OS/c1-11-9-19-14(16-11)21-15(17-19)18-7-8-20-13(10-18)12-5-3-2-4-6-12/h2-6,9,13H,7-8,10H2,1H3/t13-/m1/s1. The zero-order valence-electron chi connectivity index (χ0n) is 11.8. The van der Waals surface area contributed by atoms with Crippen molar-refractivity contribution in [1.29, 1.82) is 0 Å². The second-order valence-electron chi connectivity index (χ2n) is 5.21. The zero-order chi connectivity index (χ0) is 14.2. The van der Waals surface area contributed by atoms with E-state index in [9.17, 15) is 0 Å². The Hall–Kier alpha value is -1.92. The largest absolute Gasteiger partial charge is 0.370 e. The molecule has 108 valence electrons. The fourth-order valence-electron chi connectivity index (χ4n) is 2.62. The van der Waals surface area contributed by atoms with Crippen LogP contribution in [0.15, 0.2) is 36.5 Å². The quantitative estimate of drug-likeness (QED) is 0.730. The summed E-state index contributed by atoms with van der Waals surface area (Å²) in [6.45, 7) is 4.42. The number of nitrogens with zero attached hydrogens (tertiary/aromatic N) is 4. The molecule has 1 atom stereocenters. The lowest BCUT2D eigenvalue weighted by Crippen LogP contribution is -2.38. The van der Waals surface area contributed by atoms with Crippen molar-refractivity contribution in [3.63, 3.8) is 0 Å². The van der Waals surface area contributed by atoms with Gasteiger partial charge in [-0.25, -0.2) is 9.50 Å². The third-order valence-electron chi connectivity index (χ3n) is 3.66. The van der Waals surface area contributed by atoms with Crippen LogP contribution in [0.1, 0.15) is 17.4 Å². The van der Waals surface area contributed by atoms with E-state index in [0.717, 1.165) is 35.5 Å². The molecule has 1 aliphatic rings. The van der Waals surface area contributed by atoms with Crippen molar-refractivity contribution in [3.05, 3.63) is 47.8 Å². The van der Waals surface area contributed by atoms with Crippen LogP contribution in [0.4, 0.5) is 5.13 Å². The van der Waals surface area contributed by atoms with E-state index in [2.05, 4.69) is 39.2 Å². The van der Waals surface area contributed by atoms with Crippen molar-refractivity contribution in [3.8, 4) is 0 Å². The van der Waals surface area contributed by atoms with Gasteiger partial charge in [0.15, 0.2) is 0 Å². The molecule has 0 aliphatic carbocycles. The maximum atomic E-state index is 5.90. The number of anilines is 1. The Balaban J connectivity index is 1.58. The number of aromatic nitrogens is 3. The van der Waals surface area contributed by atoms with Gasteiger partial charge in [0.1, 0.15) is 6.10 Å². The van der Waals surface area contributed by atoms with E-state index in [1.54, 1.807) is 11.3 Å². The molecule has 3 heterocycles. The fraction of sp³-hybridized carbons (Fsp3) is 0.333. The van der Waals surface area contributed by atoms with E-state index in [1.807, 2.05) is 23.7 Å². The van der Waals surface area contributed by atoms with Crippen molar-refractivity contribution < 1.29 is 4.74 Å². The molecule has 6 heteroatoms. The maximum absolute atomic E-state index is 5.90. The van der Waals surface area contributed by atoms with E-state index in [-0.39, 0.29) is 6.10 Å². The molecule has 21 heavy (non-hydrogen) atoms. The van der Waals surface area contributed by atoms with Crippen LogP contribution in [0.25, 0.3) is 4.96 Å². The molecule has 2 aromatic heterocycles.